The minimum absolute atomic E-state index is 0.0132. The summed E-state index contributed by atoms with van der Waals surface area (Å²) in [5, 5.41) is 26.9. The molecule has 142 valence electrons. The number of carboxylic acid groups (broad SMARTS) is 1. The number of aromatic nitrogens is 3. The molecule has 0 radical (unpaired) electrons. The summed E-state index contributed by atoms with van der Waals surface area (Å²) in [6.07, 6.45) is 0. The molecule has 0 unspecified atom stereocenters. The molecule has 0 saturated heterocycles. The number of aromatic hydroxyl groups is 1. The molecule has 1 heterocycles. The highest BCUT2D eigenvalue weighted by Gasteiger charge is 2.19. The van der Waals surface area contributed by atoms with Crippen LogP contribution in [0.4, 0.5) is 5.69 Å². The maximum atomic E-state index is 11.3. The summed E-state index contributed by atoms with van der Waals surface area (Å²) in [4.78, 5) is 27.0. The van der Waals surface area contributed by atoms with Crippen molar-refractivity contribution in [1.82, 2.24) is 14.8 Å². The van der Waals surface area contributed by atoms with E-state index in [9.17, 15) is 14.8 Å². The lowest BCUT2D eigenvalue weighted by Gasteiger charge is -2.07. The second kappa shape index (κ2) is 7.35. The molecule has 4 rings (SSSR count). The van der Waals surface area contributed by atoms with E-state index in [1.165, 1.54) is 22.9 Å². The Morgan fingerprint density at radius 1 is 0.897 bits per heavy atom. The van der Waals surface area contributed by atoms with Gasteiger partial charge in [0, 0.05) is 5.56 Å². The van der Waals surface area contributed by atoms with Crippen molar-refractivity contribution in [2.75, 3.05) is 0 Å². The molecule has 0 bridgehead atoms. The van der Waals surface area contributed by atoms with E-state index in [4.69, 9.17) is 5.11 Å². The number of hydrogen-bond donors (Lipinski definition) is 2. The zero-order chi connectivity index (χ0) is 20.4. The van der Waals surface area contributed by atoms with Gasteiger partial charge in [0.15, 0.2) is 11.6 Å². The number of hydrogen-bond acceptors (Lipinski definition) is 6. The van der Waals surface area contributed by atoms with Gasteiger partial charge in [0.2, 0.25) is 0 Å². The number of phenols is 1. The molecule has 29 heavy (non-hydrogen) atoms. The summed E-state index contributed by atoms with van der Waals surface area (Å²) in [7, 11) is 0. The Kier molecular flexibility index (Phi) is 4.58. The average Bonchev–Trinajstić information content (AvgIpc) is 3.19. The van der Waals surface area contributed by atoms with Crippen molar-refractivity contribution in [3.8, 4) is 34.2 Å². The van der Waals surface area contributed by atoms with Gasteiger partial charge in [-0.25, -0.2) is 14.5 Å². The Balaban J connectivity index is 1.94. The number of nitroso groups, excluding NO2 is 1. The smallest absolute Gasteiger partial charge is 0.335 e. The number of aromatic carboxylic acids is 1. The van der Waals surface area contributed by atoms with Crippen molar-refractivity contribution in [1.29, 1.82) is 0 Å². The van der Waals surface area contributed by atoms with Gasteiger partial charge in [-0.3, -0.25) is 0 Å². The molecule has 1 aromatic heterocycles. The predicted octanol–water partition coefficient (Wildman–Crippen LogP) is 4.40. The van der Waals surface area contributed by atoms with Crippen molar-refractivity contribution in [2.45, 2.75) is 0 Å². The molecule has 0 aliphatic heterocycles. The van der Waals surface area contributed by atoms with Crippen LogP contribution < -0.4 is 0 Å². The molecule has 0 fully saturated rings. The molecule has 2 N–H and O–H groups in total. The van der Waals surface area contributed by atoms with Crippen molar-refractivity contribution in [3.63, 3.8) is 0 Å². The third-order valence-corrected chi connectivity index (χ3v) is 4.35. The van der Waals surface area contributed by atoms with Crippen LogP contribution in [-0.2, 0) is 0 Å². The van der Waals surface area contributed by atoms with Gasteiger partial charge in [-0.15, -0.1) is 10.0 Å². The maximum Gasteiger partial charge on any atom is 0.335 e. The fourth-order valence-electron chi connectivity index (χ4n) is 2.93. The summed E-state index contributed by atoms with van der Waals surface area (Å²) in [5.74, 6) is -0.442. The van der Waals surface area contributed by atoms with Crippen LogP contribution in [0.1, 0.15) is 10.4 Å². The SMILES string of the molecule is O=Nc1ccccc1-c1nc(-c2ccccc2O)nn1-c1ccc(C(=O)O)cc1. The molecule has 4 aromatic rings. The van der Waals surface area contributed by atoms with Crippen LogP contribution in [0.25, 0.3) is 28.5 Å². The topological polar surface area (TPSA) is 118 Å². The normalized spacial score (nSPS) is 10.6. The van der Waals surface area contributed by atoms with Crippen LogP contribution in [0.15, 0.2) is 78.0 Å². The lowest BCUT2D eigenvalue weighted by atomic mass is 10.1. The van der Waals surface area contributed by atoms with Crippen LogP contribution in [0.3, 0.4) is 0 Å². The van der Waals surface area contributed by atoms with Crippen molar-refractivity contribution >= 4 is 11.7 Å². The first-order valence-electron chi connectivity index (χ1n) is 8.60. The molecule has 8 nitrogen and oxygen atoms in total. The zero-order valence-electron chi connectivity index (χ0n) is 14.9. The number of nitrogens with zero attached hydrogens (tertiary/aromatic N) is 4. The predicted molar refractivity (Wildman–Crippen MR) is 106 cm³/mol. The summed E-state index contributed by atoms with van der Waals surface area (Å²) in [6.45, 7) is 0. The number of carboxylic acids is 1. The first kappa shape index (κ1) is 18.1. The molecule has 3 aromatic carbocycles. The van der Waals surface area contributed by atoms with E-state index < -0.39 is 5.97 Å². The number of benzene rings is 3. The first-order valence-corrected chi connectivity index (χ1v) is 8.60. The number of phenolic OH excluding ortho intramolecular Hbond substituents is 1. The van der Waals surface area contributed by atoms with E-state index >= 15 is 0 Å². The zero-order valence-corrected chi connectivity index (χ0v) is 14.9. The second-order valence-electron chi connectivity index (χ2n) is 6.15. The van der Waals surface area contributed by atoms with E-state index in [-0.39, 0.29) is 22.8 Å². The van der Waals surface area contributed by atoms with Crippen molar-refractivity contribution in [3.05, 3.63) is 83.3 Å². The van der Waals surface area contributed by atoms with Gasteiger partial charge >= 0.3 is 5.97 Å². The highest BCUT2D eigenvalue weighted by atomic mass is 16.4. The van der Waals surface area contributed by atoms with Gasteiger partial charge in [-0.05, 0) is 53.7 Å². The van der Waals surface area contributed by atoms with Gasteiger partial charge in [0.05, 0.1) is 16.8 Å². The monoisotopic (exact) mass is 386 g/mol. The minimum atomic E-state index is -1.04. The standard InChI is InChI=1S/C21H14N4O4/c26-18-8-4-2-6-16(18)19-22-20(15-5-1-3-7-17(15)24-29)25(23-19)14-11-9-13(10-12-14)21(27)28/h1-12,26H,(H,27,28). The molecule has 8 heteroatoms. The quantitative estimate of drug-likeness (QED) is 0.491. The van der Waals surface area contributed by atoms with E-state index in [2.05, 4.69) is 15.3 Å². The Bertz CT molecular complexity index is 1220. The van der Waals surface area contributed by atoms with Crippen molar-refractivity contribution in [2.24, 2.45) is 5.18 Å². The Hall–Kier alpha value is -4.33. The lowest BCUT2D eigenvalue weighted by molar-refractivity contribution is 0.0697. The fourth-order valence-corrected chi connectivity index (χ4v) is 2.93. The molecule has 0 atom stereocenters. The number of para-hydroxylation sites is 1. The van der Waals surface area contributed by atoms with E-state index in [0.29, 0.717) is 22.6 Å². The third kappa shape index (κ3) is 3.34. The van der Waals surface area contributed by atoms with Crippen LogP contribution in [0, 0.1) is 4.91 Å². The van der Waals surface area contributed by atoms with Crippen LogP contribution in [0.2, 0.25) is 0 Å². The lowest BCUT2D eigenvalue weighted by Crippen LogP contribution is -2.02. The molecular weight excluding hydrogens is 372 g/mol. The van der Waals surface area contributed by atoms with Gasteiger partial charge in [0.1, 0.15) is 11.4 Å². The molecule has 0 saturated carbocycles. The second-order valence-corrected chi connectivity index (χ2v) is 6.15. The van der Waals surface area contributed by atoms with Crippen LogP contribution in [0.5, 0.6) is 5.75 Å². The fraction of sp³-hybridized carbons (Fsp3) is 0. The Morgan fingerprint density at radius 2 is 1.55 bits per heavy atom. The van der Waals surface area contributed by atoms with Crippen LogP contribution in [-0.4, -0.2) is 30.9 Å². The number of carbonyl (C=O) groups is 1. The molecule has 0 aliphatic rings. The summed E-state index contributed by atoms with van der Waals surface area (Å²) >= 11 is 0. The van der Waals surface area contributed by atoms with Gasteiger partial charge in [-0.2, -0.15) is 0 Å². The van der Waals surface area contributed by atoms with E-state index in [0.717, 1.165) is 0 Å². The summed E-state index contributed by atoms with van der Waals surface area (Å²) < 4.78 is 1.48. The van der Waals surface area contributed by atoms with E-state index in [1.54, 1.807) is 54.6 Å². The Labute approximate surface area is 164 Å². The summed E-state index contributed by atoms with van der Waals surface area (Å²) in [6, 6.07) is 19.4. The maximum absolute atomic E-state index is 11.3. The Morgan fingerprint density at radius 3 is 2.21 bits per heavy atom. The summed E-state index contributed by atoms with van der Waals surface area (Å²) in [5.41, 5.74) is 1.74. The number of rotatable bonds is 5. The largest absolute Gasteiger partial charge is 0.507 e. The van der Waals surface area contributed by atoms with Gasteiger partial charge in [-0.1, -0.05) is 24.3 Å². The van der Waals surface area contributed by atoms with Gasteiger partial charge < -0.3 is 10.2 Å². The first-order chi connectivity index (χ1) is 14.1. The van der Waals surface area contributed by atoms with Gasteiger partial charge in [0.25, 0.3) is 0 Å². The molecule has 0 spiro atoms. The highest BCUT2D eigenvalue weighted by Crippen LogP contribution is 2.34. The molecule has 0 aliphatic carbocycles. The highest BCUT2D eigenvalue weighted by molar-refractivity contribution is 5.87. The van der Waals surface area contributed by atoms with Crippen molar-refractivity contribution < 1.29 is 15.0 Å². The molecule has 0 amide bonds. The average molecular weight is 386 g/mol. The van der Waals surface area contributed by atoms with E-state index in [1.807, 2.05) is 0 Å². The molecular formula is C21H14N4O4. The third-order valence-electron chi connectivity index (χ3n) is 4.35. The minimum Gasteiger partial charge on any atom is -0.507 e. The van der Waals surface area contributed by atoms with Crippen LogP contribution >= 0.6 is 0 Å².